The van der Waals surface area contributed by atoms with E-state index in [1.807, 2.05) is 60.9 Å². The summed E-state index contributed by atoms with van der Waals surface area (Å²) in [7, 11) is 1.67. The van der Waals surface area contributed by atoms with Crippen LogP contribution in [0.25, 0.3) is 44.3 Å². The molecule has 5 rings (SSSR count). The summed E-state index contributed by atoms with van der Waals surface area (Å²) < 4.78 is 5.58. The summed E-state index contributed by atoms with van der Waals surface area (Å²) in [4.78, 5) is 14.1. The van der Waals surface area contributed by atoms with Crippen molar-refractivity contribution < 1.29 is 4.74 Å². The molecule has 3 aromatic heterocycles. The summed E-state index contributed by atoms with van der Waals surface area (Å²) in [5.74, 6) is 0.751. The quantitative estimate of drug-likeness (QED) is 0.423. The number of benzene rings is 2. The summed E-state index contributed by atoms with van der Waals surface area (Å²) in [6.45, 7) is 0. The summed E-state index contributed by atoms with van der Waals surface area (Å²) in [6, 6.07) is 24.2. The molecule has 0 amide bonds. The fourth-order valence-electron chi connectivity index (χ4n) is 3.52. The minimum atomic E-state index is 0.751. The van der Waals surface area contributed by atoms with Crippen molar-refractivity contribution in [3.05, 3.63) is 85.2 Å². The average Bonchev–Trinajstić information content (AvgIpc) is 2.78. The molecule has 0 radical (unpaired) electrons. The topological polar surface area (TPSA) is 47.9 Å². The Morgan fingerprint density at radius 1 is 0.643 bits per heavy atom. The van der Waals surface area contributed by atoms with Crippen molar-refractivity contribution in [2.75, 3.05) is 7.11 Å². The third-order valence-corrected chi connectivity index (χ3v) is 4.85. The van der Waals surface area contributed by atoms with Gasteiger partial charge in [-0.25, -0.2) is 4.98 Å². The zero-order valence-corrected chi connectivity index (χ0v) is 15.3. The highest BCUT2D eigenvalue weighted by Gasteiger charge is 2.13. The number of ether oxygens (including phenoxy) is 1. The van der Waals surface area contributed by atoms with Gasteiger partial charge in [-0.1, -0.05) is 48.5 Å². The molecule has 2 aromatic carbocycles. The van der Waals surface area contributed by atoms with Gasteiger partial charge in [0.15, 0.2) is 0 Å². The Labute approximate surface area is 162 Å². The standard InChI is InChI=1S/C24H17N3O/c1-28-18-14-21(19-10-2-6-16-8-4-12-25-23(16)19)27-22(15-18)20-11-3-7-17-9-5-13-26-24(17)20/h2-15H,1H3. The lowest BCUT2D eigenvalue weighted by Crippen LogP contribution is -1.94. The van der Waals surface area contributed by atoms with Crippen molar-refractivity contribution in [1.29, 1.82) is 0 Å². The van der Waals surface area contributed by atoms with E-state index in [9.17, 15) is 0 Å². The summed E-state index contributed by atoms with van der Waals surface area (Å²) in [5, 5.41) is 2.16. The third-order valence-electron chi connectivity index (χ3n) is 4.85. The Bertz CT molecular complexity index is 1210. The first-order chi connectivity index (χ1) is 13.8. The number of hydrogen-bond donors (Lipinski definition) is 0. The molecule has 0 unspecified atom stereocenters. The molecule has 5 aromatic rings. The zero-order valence-electron chi connectivity index (χ0n) is 15.3. The lowest BCUT2D eigenvalue weighted by Gasteiger charge is -2.11. The van der Waals surface area contributed by atoms with E-state index in [4.69, 9.17) is 9.72 Å². The van der Waals surface area contributed by atoms with E-state index in [2.05, 4.69) is 34.2 Å². The lowest BCUT2D eigenvalue weighted by atomic mass is 10.0. The molecule has 0 saturated heterocycles. The third kappa shape index (κ3) is 2.76. The normalized spacial score (nSPS) is 11.0. The second-order valence-corrected chi connectivity index (χ2v) is 6.54. The number of para-hydroxylation sites is 2. The molecule has 0 atom stereocenters. The molecular formula is C24H17N3O. The fraction of sp³-hybridized carbons (Fsp3) is 0.0417. The molecule has 4 nitrogen and oxygen atoms in total. The molecule has 28 heavy (non-hydrogen) atoms. The van der Waals surface area contributed by atoms with Crippen LogP contribution in [0.15, 0.2) is 85.2 Å². The smallest absolute Gasteiger partial charge is 0.123 e. The van der Waals surface area contributed by atoms with Crippen LogP contribution in [0.4, 0.5) is 0 Å². The SMILES string of the molecule is COc1cc(-c2cccc3cccnc23)nc(-c2cccc3cccnc23)c1. The molecule has 0 N–H and O–H groups in total. The first kappa shape index (κ1) is 16.4. The Hall–Kier alpha value is -3.79. The van der Waals surface area contributed by atoms with Gasteiger partial charge in [-0.05, 0) is 12.1 Å². The second kappa shape index (κ2) is 6.74. The van der Waals surface area contributed by atoms with Gasteiger partial charge in [-0.3, -0.25) is 9.97 Å². The highest BCUT2D eigenvalue weighted by Crippen LogP contribution is 2.33. The number of nitrogens with zero attached hydrogens (tertiary/aromatic N) is 3. The van der Waals surface area contributed by atoms with Crippen molar-refractivity contribution >= 4 is 21.8 Å². The maximum absolute atomic E-state index is 5.58. The predicted octanol–water partition coefficient (Wildman–Crippen LogP) is 5.52. The number of aromatic nitrogens is 3. The Balaban J connectivity index is 1.77. The van der Waals surface area contributed by atoms with Crippen molar-refractivity contribution in [2.24, 2.45) is 0 Å². The summed E-state index contributed by atoms with van der Waals surface area (Å²) in [6.07, 6.45) is 3.61. The van der Waals surface area contributed by atoms with E-state index in [0.29, 0.717) is 0 Å². The number of rotatable bonds is 3. The average molecular weight is 363 g/mol. The minimum Gasteiger partial charge on any atom is -0.497 e. The van der Waals surface area contributed by atoms with Crippen molar-refractivity contribution in [3.8, 4) is 28.3 Å². The van der Waals surface area contributed by atoms with Gasteiger partial charge in [0.2, 0.25) is 0 Å². The number of pyridine rings is 3. The van der Waals surface area contributed by atoms with E-state index in [1.54, 1.807) is 7.11 Å². The maximum atomic E-state index is 5.58. The van der Waals surface area contributed by atoms with Crippen LogP contribution in [-0.4, -0.2) is 22.1 Å². The van der Waals surface area contributed by atoms with Gasteiger partial charge in [0.25, 0.3) is 0 Å². The first-order valence-corrected chi connectivity index (χ1v) is 9.08. The highest BCUT2D eigenvalue weighted by molar-refractivity contribution is 5.95. The molecule has 4 heteroatoms. The van der Waals surface area contributed by atoms with Crippen LogP contribution in [-0.2, 0) is 0 Å². The van der Waals surface area contributed by atoms with E-state index < -0.39 is 0 Å². The molecule has 0 aliphatic carbocycles. The van der Waals surface area contributed by atoms with Gasteiger partial charge in [0.1, 0.15) is 5.75 Å². The van der Waals surface area contributed by atoms with E-state index in [1.165, 1.54) is 0 Å². The van der Waals surface area contributed by atoms with Crippen LogP contribution in [0.5, 0.6) is 5.75 Å². The van der Waals surface area contributed by atoms with Crippen LogP contribution in [0.3, 0.4) is 0 Å². The highest BCUT2D eigenvalue weighted by atomic mass is 16.5. The predicted molar refractivity (Wildman–Crippen MR) is 112 cm³/mol. The fourth-order valence-corrected chi connectivity index (χ4v) is 3.52. The first-order valence-electron chi connectivity index (χ1n) is 9.08. The molecule has 0 spiro atoms. The van der Waals surface area contributed by atoms with Crippen LogP contribution < -0.4 is 4.74 Å². The second-order valence-electron chi connectivity index (χ2n) is 6.54. The zero-order chi connectivity index (χ0) is 18.9. The lowest BCUT2D eigenvalue weighted by molar-refractivity contribution is 0.414. The van der Waals surface area contributed by atoms with Gasteiger partial charge >= 0.3 is 0 Å². The molecule has 0 bridgehead atoms. The Morgan fingerprint density at radius 3 is 1.64 bits per heavy atom. The molecule has 0 aliphatic heterocycles. The van der Waals surface area contributed by atoms with Crippen LogP contribution in [0.2, 0.25) is 0 Å². The van der Waals surface area contributed by atoms with Gasteiger partial charge < -0.3 is 4.74 Å². The molecule has 0 aliphatic rings. The van der Waals surface area contributed by atoms with Gasteiger partial charge in [-0.15, -0.1) is 0 Å². The van der Waals surface area contributed by atoms with Crippen molar-refractivity contribution in [3.63, 3.8) is 0 Å². The summed E-state index contributed by atoms with van der Waals surface area (Å²) >= 11 is 0. The van der Waals surface area contributed by atoms with Crippen LogP contribution in [0.1, 0.15) is 0 Å². The minimum absolute atomic E-state index is 0.751. The summed E-state index contributed by atoms with van der Waals surface area (Å²) in [5.41, 5.74) is 5.46. The van der Waals surface area contributed by atoms with Crippen molar-refractivity contribution in [1.82, 2.24) is 15.0 Å². The van der Waals surface area contributed by atoms with Crippen molar-refractivity contribution in [2.45, 2.75) is 0 Å². The monoisotopic (exact) mass is 363 g/mol. The number of fused-ring (bicyclic) bond motifs is 2. The van der Waals surface area contributed by atoms with Gasteiger partial charge in [0.05, 0.1) is 29.5 Å². The van der Waals surface area contributed by atoms with Gasteiger partial charge in [0, 0.05) is 46.4 Å². The molecule has 0 fully saturated rings. The van der Waals surface area contributed by atoms with E-state index in [-0.39, 0.29) is 0 Å². The van der Waals surface area contributed by atoms with E-state index in [0.717, 1.165) is 50.1 Å². The van der Waals surface area contributed by atoms with Crippen LogP contribution >= 0.6 is 0 Å². The van der Waals surface area contributed by atoms with Crippen LogP contribution in [0, 0.1) is 0 Å². The largest absolute Gasteiger partial charge is 0.497 e. The Kier molecular flexibility index (Phi) is 3.95. The maximum Gasteiger partial charge on any atom is 0.123 e. The molecule has 3 heterocycles. The Morgan fingerprint density at radius 2 is 1.14 bits per heavy atom. The molecule has 0 saturated carbocycles. The molecule has 134 valence electrons. The van der Waals surface area contributed by atoms with E-state index >= 15 is 0 Å². The number of hydrogen-bond acceptors (Lipinski definition) is 4. The number of methoxy groups -OCH3 is 1. The van der Waals surface area contributed by atoms with Gasteiger partial charge in [-0.2, -0.15) is 0 Å². The molecular weight excluding hydrogens is 346 g/mol.